The Morgan fingerprint density at radius 1 is 1.22 bits per heavy atom. The quantitative estimate of drug-likeness (QED) is 0.485. The zero-order chi connectivity index (χ0) is 13.1. The highest BCUT2D eigenvalue weighted by molar-refractivity contribution is 5.82. The van der Waals surface area contributed by atoms with E-state index in [-0.39, 0.29) is 0 Å². The van der Waals surface area contributed by atoms with Gasteiger partial charge in [-0.2, -0.15) is 5.10 Å². The Morgan fingerprint density at radius 2 is 1.94 bits per heavy atom. The lowest BCUT2D eigenvalue weighted by molar-refractivity contribution is 0.988. The van der Waals surface area contributed by atoms with E-state index >= 15 is 0 Å². The van der Waals surface area contributed by atoms with Gasteiger partial charge < -0.3 is 5.84 Å². The molecular formula is C12H16N6. The number of hydrazone groups is 1. The second kappa shape index (κ2) is 4.87. The van der Waals surface area contributed by atoms with Crippen molar-refractivity contribution in [2.75, 3.05) is 11.3 Å². The van der Waals surface area contributed by atoms with Crippen molar-refractivity contribution in [1.29, 1.82) is 0 Å². The molecule has 0 aliphatic carbocycles. The zero-order valence-corrected chi connectivity index (χ0v) is 10.7. The number of aromatic nitrogens is 3. The molecule has 1 aromatic carbocycles. The first-order valence-electron chi connectivity index (χ1n) is 5.60. The van der Waals surface area contributed by atoms with Gasteiger partial charge in [0.25, 0.3) is 5.95 Å². The van der Waals surface area contributed by atoms with Crippen LogP contribution in [0.4, 0.5) is 5.95 Å². The van der Waals surface area contributed by atoms with Crippen molar-refractivity contribution < 1.29 is 0 Å². The largest absolute Gasteiger partial charge is 0.335 e. The first-order chi connectivity index (χ1) is 8.58. The van der Waals surface area contributed by atoms with Gasteiger partial charge >= 0.3 is 0 Å². The molecule has 0 amide bonds. The summed E-state index contributed by atoms with van der Waals surface area (Å²) >= 11 is 0. The summed E-state index contributed by atoms with van der Waals surface area (Å²) in [6.07, 6.45) is 3.15. The van der Waals surface area contributed by atoms with Gasteiger partial charge in [-0.1, -0.05) is 6.07 Å². The Balaban J connectivity index is 2.14. The molecule has 18 heavy (non-hydrogen) atoms. The third-order valence-electron chi connectivity index (χ3n) is 2.82. The summed E-state index contributed by atoms with van der Waals surface area (Å²) in [6.45, 7) is 6.23. The van der Waals surface area contributed by atoms with Crippen molar-refractivity contribution in [3.05, 3.63) is 40.7 Å². The van der Waals surface area contributed by atoms with Crippen LogP contribution < -0.4 is 11.3 Å². The van der Waals surface area contributed by atoms with E-state index in [2.05, 4.69) is 53.6 Å². The summed E-state index contributed by atoms with van der Waals surface area (Å²) in [5.41, 5.74) is 7.50. The summed E-state index contributed by atoms with van der Waals surface area (Å²) in [5.74, 6) is 5.95. The molecule has 0 atom stereocenters. The number of nitrogen functional groups attached to an aromatic ring is 1. The second-order valence-corrected chi connectivity index (χ2v) is 4.22. The van der Waals surface area contributed by atoms with E-state index in [1.807, 2.05) is 0 Å². The molecule has 94 valence electrons. The molecule has 6 nitrogen and oxygen atoms in total. The molecule has 0 unspecified atom stereocenters. The van der Waals surface area contributed by atoms with Crippen LogP contribution in [-0.4, -0.2) is 21.1 Å². The zero-order valence-electron chi connectivity index (χ0n) is 10.7. The summed E-state index contributed by atoms with van der Waals surface area (Å²) in [5, 5.41) is 11.5. The minimum absolute atomic E-state index is 0.396. The smallest absolute Gasteiger partial charge is 0.263 e. The number of hydrogen-bond acceptors (Lipinski definition) is 5. The SMILES string of the molecule is Cc1cc(C)c(C=NNc2nncn2N)cc1C. The van der Waals surface area contributed by atoms with E-state index in [0.717, 1.165) is 5.56 Å². The van der Waals surface area contributed by atoms with Crippen LogP contribution in [0.2, 0.25) is 0 Å². The molecule has 0 fully saturated rings. The average molecular weight is 244 g/mol. The lowest BCUT2D eigenvalue weighted by atomic mass is 10.0. The molecule has 0 aliphatic rings. The van der Waals surface area contributed by atoms with Crippen molar-refractivity contribution >= 4 is 12.2 Å². The molecule has 0 saturated heterocycles. The highest BCUT2D eigenvalue weighted by atomic mass is 15.5. The monoisotopic (exact) mass is 244 g/mol. The van der Waals surface area contributed by atoms with E-state index in [1.54, 1.807) is 6.21 Å². The Hall–Kier alpha value is -2.37. The summed E-state index contributed by atoms with van der Waals surface area (Å²) in [6, 6.07) is 4.24. The van der Waals surface area contributed by atoms with Gasteiger partial charge in [0.1, 0.15) is 6.33 Å². The second-order valence-electron chi connectivity index (χ2n) is 4.22. The molecule has 2 rings (SSSR count). The molecule has 6 heteroatoms. The molecule has 3 N–H and O–H groups in total. The number of aryl methyl sites for hydroxylation is 3. The fourth-order valence-corrected chi connectivity index (χ4v) is 1.60. The van der Waals surface area contributed by atoms with Gasteiger partial charge in [-0.05, 0) is 49.1 Å². The third-order valence-corrected chi connectivity index (χ3v) is 2.82. The van der Waals surface area contributed by atoms with Crippen LogP contribution in [0, 0.1) is 20.8 Å². The van der Waals surface area contributed by atoms with Gasteiger partial charge in [0, 0.05) is 0 Å². The van der Waals surface area contributed by atoms with Gasteiger partial charge in [0.05, 0.1) is 6.21 Å². The van der Waals surface area contributed by atoms with Crippen molar-refractivity contribution in [3.8, 4) is 0 Å². The normalized spacial score (nSPS) is 11.1. The van der Waals surface area contributed by atoms with Crippen LogP contribution in [0.25, 0.3) is 0 Å². The highest BCUT2D eigenvalue weighted by Gasteiger charge is 2.00. The van der Waals surface area contributed by atoms with E-state index < -0.39 is 0 Å². The Morgan fingerprint density at radius 3 is 2.61 bits per heavy atom. The molecule has 0 saturated carbocycles. The van der Waals surface area contributed by atoms with Crippen LogP contribution >= 0.6 is 0 Å². The summed E-state index contributed by atoms with van der Waals surface area (Å²) in [7, 11) is 0. The number of anilines is 1. The van der Waals surface area contributed by atoms with Crippen molar-refractivity contribution in [2.45, 2.75) is 20.8 Å². The number of benzene rings is 1. The Bertz CT molecular complexity index is 584. The molecule has 1 heterocycles. The molecule has 0 radical (unpaired) electrons. The van der Waals surface area contributed by atoms with Crippen LogP contribution in [-0.2, 0) is 0 Å². The Kier molecular flexibility index (Phi) is 3.27. The van der Waals surface area contributed by atoms with Gasteiger partial charge in [0.15, 0.2) is 0 Å². The maximum Gasteiger partial charge on any atom is 0.263 e. The van der Waals surface area contributed by atoms with E-state index in [4.69, 9.17) is 5.84 Å². The topological polar surface area (TPSA) is 81.1 Å². The van der Waals surface area contributed by atoms with Crippen molar-refractivity contribution in [1.82, 2.24) is 14.9 Å². The molecular weight excluding hydrogens is 228 g/mol. The average Bonchev–Trinajstić information content (AvgIpc) is 2.72. The van der Waals surface area contributed by atoms with Crippen LogP contribution in [0.3, 0.4) is 0 Å². The summed E-state index contributed by atoms with van der Waals surface area (Å²) in [4.78, 5) is 0. The fourth-order valence-electron chi connectivity index (χ4n) is 1.60. The van der Waals surface area contributed by atoms with E-state index in [0.29, 0.717) is 5.95 Å². The number of hydrogen-bond donors (Lipinski definition) is 2. The minimum atomic E-state index is 0.396. The van der Waals surface area contributed by atoms with Crippen LogP contribution in [0.1, 0.15) is 22.3 Å². The van der Waals surface area contributed by atoms with Gasteiger partial charge in [-0.3, -0.25) is 0 Å². The van der Waals surface area contributed by atoms with Crippen molar-refractivity contribution in [3.63, 3.8) is 0 Å². The molecule has 0 spiro atoms. The van der Waals surface area contributed by atoms with Gasteiger partial charge in [-0.15, -0.1) is 10.2 Å². The lowest BCUT2D eigenvalue weighted by Crippen LogP contribution is -2.10. The molecule has 1 aromatic heterocycles. The third kappa shape index (κ3) is 2.48. The standard InChI is InChI=1S/C12H16N6/c1-8-4-10(3)11(5-9(8)2)6-14-16-12-17-15-7-18(12)13/h4-7H,13H2,1-3H3,(H,16,17). The minimum Gasteiger partial charge on any atom is -0.335 e. The predicted octanol–water partition coefficient (Wildman–Crippen LogP) is 1.36. The maximum absolute atomic E-state index is 5.55. The van der Waals surface area contributed by atoms with Gasteiger partial charge in [-0.25, -0.2) is 10.1 Å². The van der Waals surface area contributed by atoms with Gasteiger partial charge in [0.2, 0.25) is 0 Å². The van der Waals surface area contributed by atoms with Crippen LogP contribution in [0.15, 0.2) is 23.6 Å². The summed E-state index contributed by atoms with van der Waals surface area (Å²) < 4.78 is 1.27. The number of nitrogens with one attached hydrogen (secondary N) is 1. The van der Waals surface area contributed by atoms with Crippen molar-refractivity contribution in [2.24, 2.45) is 5.10 Å². The number of rotatable bonds is 3. The lowest BCUT2D eigenvalue weighted by Gasteiger charge is -2.05. The number of nitrogens with zero attached hydrogens (tertiary/aromatic N) is 4. The van der Waals surface area contributed by atoms with Crippen LogP contribution in [0.5, 0.6) is 0 Å². The fraction of sp³-hybridized carbons (Fsp3) is 0.250. The number of nitrogens with two attached hydrogens (primary N) is 1. The maximum atomic E-state index is 5.55. The molecule has 0 aliphatic heterocycles. The highest BCUT2D eigenvalue weighted by Crippen LogP contribution is 2.13. The molecule has 2 aromatic rings. The first kappa shape index (κ1) is 12.1. The molecule has 0 bridgehead atoms. The van der Waals surface area contributed by atoms with E-state index in [9.17, 15) is 0 Å². The predicted molar refractivity (Wildman–Crippen MR) is 72.0 cm³/mol. The Labute approximate surface area is 106 Å². The first-order valence-corrected chi connectivity index (χ1v) is 5.60. The van der Waals surface area contributed by atoms with E-state index in [1.165, 1.54) is 27.7 Å².